The van der Waals surface area contributed by atoms with Crippen LogP contribution in [0, 0.1) is 11.6 Å². The third-order valence-electron chi connectivity index (χ3n) is 2.74. The normalized spacial score (nSPS) is 13.4. The molecule has 0 saturated heterocycles. The monoisotopic (exact) mass is 285 g/mol. The third-order valence-corrected chi connectivity index (χ3v) is 2.74. The number of Topliss-reactive ketones (excluding diaryl/α,β-unsaturated/α-hetero) is 1. The Morgan fingerprint density at radius 1 is 1.40 bits per heavy atom. The van der Waals surface area contributed by atoms with Crippen molar-refractivity contribution in [2.75, 3.05) is 6.54 Å². The van der Waals surface area contributed by atoms with Crippen LogP contribution < -0.4 is 0 Å². The van der Waals surface area contributed by atoms with Gasteiger partial charge in [0.15, 0.2) is 5.78 Å². The van der Waals surface area contributed by atoms with Crippen LogP contribution >= 0.6 is 0 Å². The SMILES string of the molecule is CC(=O)c1cc(C(O)C(O)CCN=[N+]=[N-])c(F)cc1F. The van der Waals surface area contributed by atoms with Crippen LogP contribution in [-0.2, 0) is 0 Å². The van der Waals surface area contributed by atoms with E-state index in [1.165, 1.54) is 0 Å². The Morgan fingerprint density at radius 2 is 2.05 bits per heavy atom. The Hall–Kier alpha value is -2.02. The average Bonchev–Trinajstić information content (AvgIpc) is 2.37. The van der Waals surface area contributed by atoms with Gasteiger partial charge in [0.2, 0.25) is 0 Å². The molecule has 6 nitrogen and oxygen atoms in total. The van der Waals surface area contributed by atoms with E-state index in [4.69, 9.17) is 5.53 Å². The Labute approximate surface area is 113 Å². The van der Waals surface area contributed by atoms with Crippen LogP contribution in [0.15, 0.2) is 17.2 Å². The van der Waals surface area contributed by atoms with Crippen LogP contribution in [0.25, 0.3) is 10.4 Å². The number of rotatable bonds is 6. The lowest BCUT2D eigenvalue weighted by Crippen LogP contribution is -2.21. The Balaban J connectivity index is 3.02. The zero-order chi connectivity index (χ0) is 15.3. The molecule has 0 aliphatic carbocycles. The molecule has 0 amide bonds. The summed E-state index contributed by atoms with van der Waals surface area (Å²) in [4.78, 5) is 13.6. The van der Waals surface area contributed by atoms with E-state index in [2.05, 4.69) is 10.0 Å². The number of benzene rings is 1. The van der Waals surface area contributed by atoms with Gasteiger partial charge in [-0.2, -0.15) is 0 Å². The van der Waals surface area contributed by atoms with Gasteiger partial charge in [-0.15, -0.1) is 0 Å². The van der Waals surface area contributed by atoms with Crippen LogP contribution in [-0.4, -0.2) is 28.6 Å². The van der Waals surface area contributed by atoms with E-state index in [1.54, 1.807) is 0 Å². The van der Waals surface area contributed by atoms with Crippen LogP contribution in [0.5, 0.6) is 0 Å². The summed E-state index contributed by atoms with van der Waals surface area (Å²) in [5.74, 6) is -2.73. The maximum Gasteiger partial charge on any atom is 0.162 e. The molecule has 2 N–H and O–H groups in total. The summed E-state index contributed by atoms with van der Waals surface area (Å²) < 4.78 is 26.9. The van der Waals surface area contributed by atoms with Gasteiger partial charge in [-0.05, 0) is 24.9 Å². The van der Waals surface area contributed by atoms with Crippen molar-refractivity contribution in [3.05, 3.63) is 45.3 Å². The van der Waals surface area contributed by atoms with Crippen molar-refractivity contribution in [3.8, 4) is 0 Å². The molecule has 2 atom stereocenters. The molecule has 108 valence electrons. The molecule has 0 fully saturated rings. The number of ketones is 1. The van der Waals surface area contributed by atoms with Crippen molar-refractivity contribution in [3.63, 3.8) is 0 Å². The smallest absolute Gasteiger partial charge is 0.162 e. The largest absolute Gasteiger partial charge is 0.390 e. The minimum Gasteiger partial charge on any atom is -0.390 e. The fourth-order valence-electron chi connectivity index (χ4n) is 1.66. The van der Waals surface area contributed by atoms with E-state index >= 15 is 0 Å². The van der Waals surface area contributed by atoms with Gasteiger partial charge in [0.25, 0.3) is 0 Å². The Morgan fingerprint density at radius 3 is 2.60 bits per heavy atom. The summed E-state index contributed by atoms with van der Waals surface area (Å²) in [5.41, 5.74) is 7.33. The lowest BCUT2D eigenvalue weighted by Gasteiger charge is -2.18. The van der Waals surface area contributed by atoms with Crippen LogP contribution in [0.1, 0.15) is 35.4 Å². The zero-order valence-corrected chi connectivity index (χ0v) is 10.6. The van der Waals surface area contributed by atoms with E-state index in [0.29, 0.717) is 6.07 Å². The van der Waals surface area contributed by atoms with E-state index < -0.39 is 29.6 Å². The molecule has 20 heavy (non-hydrogen) atoms. The molecule has 1 aromatic carbocycles. The average molecular weight is 285 g/mol. The molecule has 0 bridgehead atoms. The molecular weight excluding hydrogens is 272 g/mol. The lowest BCUT2D eigenvalue weighted by molar-refractivity contribution is 0.0129. The van der Waals surface area contributed by atoms with Gasteiger partial charge in [-0.25, -0.2) is 8.78 Å². The van der Waals surface area contributed by atoms with E-state index in [9.17, 15) is 23.8 Å². The molecule has 0 aliphatic heterocycles. The van der Waals surface area contributed by atoms with Crippen molar-refractivity contribution in [1.82, 2.24) is 0 Å². The molecule has 0 aromatic heterocycles. The predicted molar refractivity (Wildman–Crippen MR) is 66.0 cm³/mol. The number of hydrogen-bond donors (Lipinski definition) is 2. The van der Waals surface area contributed by atoms with Crippen molar-refractivity contribution >= 4 is 5.78 Å². The quantitative estimate of drug-likeness (QED) is 0.362. The molecule has 0 radical (unpaired) electrons. The van der Waals surface area contributed by atoms with Gasteiger partial charge < -0.3 is 10.2 Å². The van der Waals surface area contributed by atoms with Gasteiger partial charge in [-0.1, -0.05) is 5.11 Å². The molecule has 0 spiro atoms. The second-order valence-electron chi connectivity index (χ2n) is 4.17. The number of carbonyl (C=O) groups excluding carboxylic acids is 1. The number of carbonyl (C=O) groups is 1. The maximum absolute atomic E-state index is 13.6. The molecule has 0 aliphatic rings. The first-order valence-corrected chi connectivity index (χ1v) is 5.75. The number of aliphatic hydroxyl groups is 2. The highest BCUT2D eigenvalue weighted by atomic mass is 19.1. The molecular formula is C12H13F2N3O3. The summed E-state index contributed by atoms with van der Waals surface area (Å²) in [7, 11) is 0. The number of azide groups is 1. The second kappa shape index (κ2) is 6.95. The zero-order valence-electron chi connectivity index (χ0n) is 10.6. The van der Waals surface area contributed by atoms with E-state index in [0.717, 1.165) is 13.0 Å². The number of aliphatic hydroxyl groups excluding tert-OH is 2. The number of hydrogen-bond acceptors (Lipinski definition) is 4. The van der Waals surface area contributed by atoms with E-state index in [-0.39, 0.29) is 24.1 Å². The summed E-state index contributed by atoms with van der Waals surface area (Å²) >= 11 is 0. The van der Waals surface area contributed by atoms with Gasteiger partial charge in [-0.3, -0.25) is 4.79 Å². The number of nitrogens with zero attached hydrogens (tertiary/aromatic N) is 3. The fraction of sp³-hybridized carbons (Fsp3) is 0.417. The summed E-state index contributed by atoms with van der Waals surface area (Å²) in [6.45, 7) is 1.02. The standard InChI is InChI=1S/C12H13F2N3O3/c1-6(18)7-4-8(10(14)5-9(7)13)12(20)11(19)2-3-16-17-15/h4-5,11-12,19-20H,2-3H2,1H3. The third kappa shape index (κ3) is 3.74. The Bertz CT molecular complexity index is 559. The van der Waals surface area contributed by atoms with Gasteiger partial charge in [0.05, 0.1) is 11.7 Å². The molecule has 8 heteroatoms. The lowest BCUT2D eigenvalue weighted by atomic mass is 9.98. The summed E-state index contributed by atoms with van der Waals surface area (Å²) in [6.07, 6.45) is -3.15. The van der Waals surface area contributed by atoms with Crippen molar-refractivity contribution in [1.29, 1.82) is 0 Å². The highest BCUT2D eigenvalue weighted by Crippen LogP contribution is 2.25. The van der Waals surface area contributed by atoms with Gasteiger partial charge in [0, 0.05) is 23.1 Å². The Kier molecular flexibility index (Phi) is 5.57. The molecule has 1 aromatic rings. The summed E-state index contributed by atoms with van der Waals surface area (Å²) in [6, 6.07) is 1.35. The minimum atomic E-state index is -1.65. The first-order valence-electron chi connectivity index (χ1n) is 5.75. The fourth-order valence-corrected chi connectivity index (χ4v) is 1.66. The van der Waals surface area contributed by atoms with Crippen molar-refractivity contribution in [2.45, 2.75) is 25.6 Å². The maximum atomic E-state index is 13.6. The van der Waals surface area contributed by atoms with Crippen molar-refractivity contribution in [2.24, 2.45) is 5.11 Å². The topological polar surface area (TPSA) is 106 Å². The highest BCUT2D eigenvalue weighted by Gasteiger charge is 2.23. The first kappa shape index (κ1) is 16.0. The minimum absolute atomic E-state index is 0.0862. The van der Waals surface area contributed by atoms with Crippen LogP contribution in [0.2, 0.25) is 0 Å². The second-order valence-corrected chi connectivity index (χ2v) is 4.17. The van der Waals surface area contributed by atoms with Crippen LogP contribution in [0.4, 0.5) is 8.78 Å². The van der Waals surface area contributed by atoms with E-state index in [1.807, 2.05) is 0 Å². The molecule has 1 rings (SSSR count). The first-order chi connectivity index (χ1) is 9.38. The summed E-state index contributed by atoms with van der Waals surface area (Å²) in [5, 5.41) is 22.6. The van der Waals surface area contributed by atoms with Gasteiger partial charge in [0.1, 0.15) is 17.7 Å². The van der Waals surface area contributed by atoms with Gasteiger partial charge >= 0.3 is 0 Å². The highest BCUT2D eigenvalue weighted by molar-refractivity contribution is 5.94. The molecule has 2 unspecified atom stereocenters. The molecule has 0 heterocycles. The predicted octanol–water partition coefficient (Wildman–Crippen LogP) is 2.26. The van der Waals surface area contributed by atoms with Crippen molar-refractivity contribution < 1.29 is 23.8 Å². The molecule has 0 saturated carbocycles. The van der Waals surface area contributed by atoms with Crippen LogP contribution in [0.3, 0.4) is 0 Å². The number of halogens is 2.